The van der Waals surface area contributed by atoms with E-state index in [1.807, 2.05) is 35.2 Å². The number of hydrogen-bond donors (Lipinski definition) is 1. The van der Waals surface area contributed by atoms with Crippen LogP contribution in [-0.4, -0.2) is 83.7 Å². The minimum atomic E-state index is -0.876. The van der Waals surface area contributed by atoms with Gasteiger partial charge in [0.05, 0.1) is 5.92 Å². The molecule has 1 aromatic rings. The molecule has 0 bridgehead atoms. The fourth-order valence-electron chi connectivity index (χ4n) is 4.09. The zero-order valence-electron chi connectivity index (χ0n) is 15.9. The van der Waals surface area contributed by atoms with Gasteiger partial charge < -0.3 is 21.0 Å². The van der Waals surface area contributed by atoms with Gasteiger partial charge in [-0.3, -0.25) is 9.59 Å². The van der Waals surface area contributed by atoms with E-state index in [1.54, 1.807) is 0 Å². The average Bonchev–Trinajstić information content (AvgIpc) is 3.08. The first-order valence-corrected chi connectivity index (χ1v) is 15.1. The fraction of sp³-hybridized carbons (Fsp3) is 0.579. The Bertz CT molecular complexity index is 565. The summed E-state index contributed by atoms with van der Waals surface area (Å²) in [5.41, 5.74) is 0.975. The van der Waals surface area contributed by atoms with Gasteiger partial charge >= 0.3 is 43.7 Å². The summed E-state index contributed by atoms with van der Waals surface area (Å²) < 4.78 is 0. The molecule has 6 nitrogen and oxygen atoms in total. The van der Waals surface area contributed by atoms with Crippen LogP contribution in [0.4, 0.5) is 0 Å². The maximum Gasteiger partial charge on any atom is 2.00 e. The first-order valence-electron chi connectivity index (χ1n) is 8.82. The van der Waals surface area contributed by atoms with Crippen LogP contribution in [0.5, 0.6) is 0 Å². The molecule has 1 aliphatic heterocycles. The topological polar surface area (TPSA) is 121 Å². The van der Waals surface area contributed by atoms with Crippen LogP contribution in [0.15, 0.2) is 30.3 Å². The Morgan fingerprint density at radius 2 is 1.54 bits per heavy atom. The Morgan fingerprint density at radius 1 is 1.04 bits per heavy atom. The number of halogens is 2. The summed E-state index contributed by atoms with van der Waals surface area (Å²) in [6.07, 6.45) is 5.53. The molecule has 0 aromatic heterocycles. The molecule has 28 heavy (non-hydrogen) atoms. The summed E-state index contributed by atoms with van der Waals surface area (Å²) in [6.45, 7) is 1.67. The van der Waals surface area contributed by atoms with E-state index >= 15 is 0 Å². The Labute approximate surface area is 220 Å². The van der Waals surface area contributed by atoms with Crippen molar-refractivity contribution in [3.63, 3.8) is 0 Å². The standard InChI is InChI=1S/C19H25NO3.Ca.I2.2H2O/c21-18(20-12-15-8-4-5-9-16(15)13-20)11-17(19(22)23)10-14-6-2-1-3-7-14;;1-2;;/h1-3,6-7,15-17H,4-5,8-13H2,(H,22,23);;;2*1H2/q;+2;;;/t15-,16+,17-;;;;/m0..../s1. The van der Waals surface area contributed by atoms with Gasteiger partial charge in [-0.1, -0.05) is 43.2 Å². The summed E-state index contributed by atoms with van der Waals surface area (Å²) in [7, 11) is 0. The van der Waals surface area contributed by atoms with Crippen molar-refractivity contribution in [1.82, 2.24) is 4.90 Å². The van der Waals surface area contributed by atoms with Gasteiger partial charge in [-0.25, -0.2) is 0 Å². The Morgan fingerprint density at radius 3 is 2.00 bits per heavy atom. The average molecular weight is 645 g/mol. The van der Waals surface area contributed by atoms with Crippen molar-refractivity contribution in [2.75, 3.05) is 13.1 Å². The van der Waals surface area contributed by atoms with Crippen molar-refractivity contribution < 1.29 is 25.6 Å². The van der Waals surface area contributed by atoms with Crippen LogP contribution in [0.1, 0.15) is 37.7 Å². The number of fused-ring (bicyclic) bond motifs is 1. The van der Waals surface area contributed by atoms with Crippen LogP contribution in [-0.2, 0) is 16.0 Å². The zero-order valence-corrected chi connectivity index (χ0v) is 22.5. The van der Waals surface area contributed by atoms with Crippen molar-refractivity contribution >= 4 is 86.8 Å². The third kappa shape index (κ3) is 9.30. The van der Waals surface area contributed by atoms with Gasteiger partial charge in [0.2, 0.25) is 5.91 Å². The Balaban J connectivity index is 0. The normalized spacial score (nSPS) is 20.7. The quantitative estimate of drug-likeness (QED) is 0.392. The number of carbonyl (C=O) groups excluding carboxylic acids is 1. The number of carbonyl (C=O) groups is 2. The molecule has 0 unspecified atom stereocenters. The van der Waals surface area contributed by atoms with Gasteiger partial charge in [-0.15, -0.1) is 0 Å². The van der Waals surface area contributed by atoms with Crippen LogP contribution in [0.25, 0.3) is 0 Å². The van der Waals surface area contributed by atoms with Crippen molar-refractivity contribution in [3.05, 3.63) is 35.9 Å². The Hall–Kier alpha value is 0.800. The molecular weight excluding hydrogens is 616 g/mol. The van der Waals surface area contributed by atoms with E-state index in [-0.39, 0.29) is 61.0 Å². The van der Waals surface area contributed by atoms with Crippen LogP contribution in [0.2, 0.25) is 0 Å². The molecule has 1 amide bonds. The molecule has 2 aliphatic rings. The number of carboxylic acids is 1. The van der Waals surface area contributed by atoms with Crippen LogP contribution >= 0.6 is 37.2 Å². The van der Waals surface area contributed by atoms with Crippen molar-refractivity contribution in [2.45, 2.75) is 38.5 Å². The molecule has 5 N–H and O–H groups in total. The molecule has 3 rings (SSSR count). The molecule has 1 saturated heterocycles. The smallest absolute Gasteiger partial charge is 0.481 e. The van der Waals surface area contributed by atoms with Gasteiger partial charge in [-0.05, 0) is 36.7 Å². The monoisotopic (exact) mass is 645 g/mol. The van der Waals surface area contributed by atoms with Crippen molar-refractivity contribution in [3.8, 4) is 0 Å². The largest absolute Gasteiger partial charge is 2.00 e. The predicted octanol–water partition coefficient (Wildman–Crippen LogP) is 2.71. The van der Waals surface area contributed by atoms with Gasteiger partial charge in [-0.2, -0.15) is 0 Å². The van der Waals surface area contributed by atoms with E-state index in [0.717, 1.165) is 18.7 Å². The molecule has 1 saturated carbocycles. The maximum absolute atomic E-state index is 12.6. The Kier molecular flexibility index (Phi) is 18.2. The second kappa shape index (κ2) is 16.5. The van der Waals surface area contributed by atoms with E-state index in [9.17, 15) is 14.7 Å². The number of rotatable bonds is 5. The number of likely N-dealkylation sites (tertiary alicyclic amines) is 1. The number of carboxylic acid groups (broad SMARTS) is 1. The summed E-state index contributed by atoms with van der Waals surface area (Å²) in [4.78, 5) is 26.0. The van der Waals surface area contributed by atoms with Gasteiger partial charge in [0.25, 0.3) is 0 Å². The molecule has 1 heterocycles. The fourth-order valence-corrected chi connectivity index (χ4v) is 4.09. The molecular formula is C19H29CaI2NO5+2. The molecule has 154 valence electrons. The number of nitrogens with zero attached hydrogens (tertiary/aromatic N) is 1. The first-order chi connectivity index (χ1) is 12.1. The van der Waals surface area contributed by atoms with E-state index in [1.165, 1.54) is 25.7 Å². The molecule has 2 fully saturated rings. The number of benzene rings is 1. The first kappa shape index (κ1) is 31.0. The number of amides is 1. The summed E-state index contributed by atoms with van der Waals surface area (Å²) in [5.74, 6) is -0.204. The zero-order chi connectivity index (χ0) is 18.2. The maximum atomic E-state index is 12.6. The summed E-state index contributed by atoms with van der Waals surface area (Å²) in [5, 5.41) is 9.46. The van der Waals surface area contributed by atoms with Crippen LogP contribution in [0, 0.1) is 17.8 Å². The second-order valence-corrected chi connectivity index (χ2v) is 7.03. The van der Waals surface area contributed by atoms with Crippen LogP contribution in [0.3, 0.4) is 0 Å². The third-order valence-corrected chi connectivity index (χ3v) is 5.42. The summed E-state index contributed by atoms with van der Waals surface area (Å²) >= 11 is 4.24. The molecule has 1 aliphatic carbocycles. The van der Waals surface area contributed by atoms with E-state index in [2.05, 4.69) is 37.2 Å². The summed E-state index contributed by atoms with van der Waals surface area (Å²) in [6, 6.07) is 9.56. The number of aliphatic carboxylic acids is 1. The molecule has 0 radical (unpaired) electrons. The minimum Gasteiger partial charge on any atom is -0.481 e. The second-order valence-electron chi connectivity index (χ2n) is 7.03. The van der Waals surface area contributed by atoms with Crippen molar-refractivity contribution in [2.24, 2.45) is 17.8 Å². The molecule has 0 spiro atoms. The van der Waals surface area contributed by atoms with Crippen molar-refractivity contribution in [1.29, 1.82) is 0 Å². The predicted molar refractivity (Wildman–Crippen MR) is 129 cm³/mol. The SMILES string of the molecule is II.O.O.O=C(O)[C@H](CC(=O)N1C[C@H]2CCCC[C@H]2C1)Cc1ccccc1.[Ca+2]. The molecule has 3 atom stereocenters. The van der Waals surface area contributed by atoms with Crippen LogP contribution < -0.4 is 0 Å². The third-order valence-electron chi connectivity index (χ3n) is 5.42. The van der Waals surface area contributed by atoms with E-state index in [4.69, 9.17) is 0 Å². The minimum absolute atomic E-state index is 0. The van der Waals surface area contributed by atoms with Gasteiger partial charge in [0.1, 0.15) is 0 Å². The van der Waals surface area contributed by atoms with Gasteiger partial charge in [0, 0.05) is 56.7 Å². The van der Waals surface area contributed by atoms with E-state index < -0.39 is 11.9 Å². The molecule has 1 aromatic carbocycles. The molecule has 9 heteroatoms. The van der Waals surface area contributed by atoms with E-state index in [0.29, 0.717) is 18.3 Å². The number of hydrogen-bond acceptors (Lipinski definition) is 2. The van der Waals surface area contributed by atoms with Gasteiger partial charge in [0.15, 0.2) is 0 Å².